The van der Waals surface area contributed by atoms with E-state index in [0.29, 0.717) is 39.9 Å². The lowest BCUT2D eigenvalue weighted by atomic mass is 10.3. The van der Waals surface area contributed by atoms with E-state index in [1.807, 2.05) is 0 Å². The number of nitrogens with one attached hydrogen (secondary N) is 3. The van der Waals surface area contributed by atoms with Crippen LogP contribution < -0.4 is 15.5 Å². The van der Waals surface area contributed by atoms with Gasteiger partial charge in [-0.15, -0.1) is 10.2 Å². The van der Waals surface area contributed by atoms with Crippen molar-refractivity contribution in [3.8, 4) is 0 Å². The number of aromatic nitrogens is 2. The van der Waals surface area contributed by atoms with Crippen molar-refractivity contribution in [2.45, 2.75) is 4.34 Å². The summed E-state index contributed by atoms with van der Waals surface area (Å²) in [6, 6.07) is 6.89. The summed E-state index contributed by atoms with van der Waals surface area (Å²) < 4.78 is 5.90. The SMILES string of the molecule is O=C(CSc1nnc(NC(=O)C[NH+]2CCOCC2)s1)Nc1ccc(Cl)cc1. The van der Waals surface area contributed by atoms with Gasteiger partial charge in [-0.3, -0.25) is 14.9 Å². The number of nitrogens with zero attached hydrogens (tertiary/aromatic N) is 2. The second-order valence-corrected chi connectivity index (χ2v) is 8.44. The Morgan fingerprint density at radius 3 is 2.63 bits per heavy atom. The van der Waals surface area contributed by atoms with Crippen molar-refractivity contribution < 1.29 is 19.2 Å². The van der Waals surface area contributed by atoms with Gasteiger partial charge in [-0.05, 0) is 24.3 Å². The summed E-state index contributed by atoms with van der Waals surface area (Å²) in [6.45, 7) is 3.40. The van der Waals surface area contributed by atoms with E-state index >= 15 is 0 Å². The molecule has 1 aromatic heterocycles. The molecular formula is C16H19ClN5O3S2+. The largest absolute Gasteiger partial charge is 0.370 e. The molecule has 1 saturated heterocycles. The number of carbonyl (C=O) groups excluding carboxylic acids is 2. The maximum Gasteiger partial charge on any atom is 0.281 e. The molecule has 8 nitrogen and oxygen atoms in total. The third kappa shape index (κ3) is 6.74. The highest BCUT2D eigenvalue weighted by Crippen LogP contribution is 2.25. The topological polar surface area (TPSA) is 97.7 Å². The molecular weight excluding hydrogens is 410 g/mol. The van der Waals surface area contributed by atoms with Crippen LogP contribution in [0.2, 0.25) is 5.02 Å². The third-order valence-corrected chi connectivity index (χ3v) is 5.94. The maximum atomic E-state index is 12.1. The molecule has 0 aliphatic carbocycles. The van der Waals surface area contributed by atoms with E-state index in [1.165, 1.54) is 28.0 Å². The van der Waals surface area contributed by atoms with Crippen LogP contribution in [0.3, 0.4) is 0 Å². The van der Waals surface area contributed by atoms with Crippen LogP contribution in [-0.2, 0) is 14.3 Å². The average Bonchev–Trinajstić information content (AvgIpc) is 3.10. The van der Waals surface area contributed by atoms with E-state index in [9.17, 15) is 9.59 Å². The van der Waals surface area contributed by atoms with Gasteiger partial charge >= 0.3 is 0 Å². The molecule has 1 aliphatic heterocycles. The summed E-state index contributed by atoms with van der Waals surface area (Å²) in [5.74, 6) is -0.0533. The summed E-state index contributed by atoms with van der Waals surface area (Å²) in [4.78, 5) is 25.2. The smallest absolute Gasteiger partial charge is 0.281 e. The van der Waals surface area contributed by atoms with E-state index in [-0.39, 0.29) is 17.6 Å². The first-order valence-corrected chi connectivity index (χ1v) is 10.5. The number of thioether (sulfide) groups is 1. The van der Waals surface area contributed by atoms with Crippen molar-refractivity contribution in [2.24, 2.45) is 0 Å². The normalized spacial score (nSPS) is 14.7. The third-order valence-electron chi connectivity index (χ3n) is 3.72. The number of benzene rings is 1. The molecule has 0 atom stereocenters. The van der Waals surface area contributed by atoms with Crippen molar-refractivity contribution in [1.29, 1.82) is 0 Å². The molecule has 0 spiro atoms. The molecule has 3 rings (SSSR count). The summed E-state index contributed by atoms with van der Waals surface area (Å²) in [6.07, 6.45) is 0. The molecule has 2 amide bonds. The Labute approximate surface area is 169 Å². The lowest BCUT2D eigenvalue weighted by Gasteiger charge is -2.22. The van der Waals surface area contributed by atoms with Gasteiger partial charge in [-0.2, -0.15) is 0 Å². The molecule has 27 heavy (non-hydrogen) atoms. The van der Waals surface area contributed by atoms with Gasteiger partial charge in [0.25, 0.3) is 5.91 Å². The Morgan fingerprint density at radius 1 is 1.15 bits per heavy atom. The van der Waals surface area contributed by atoms with Crippen LogP contribution in [0.25, 0.3) is 0 Å². The minimum Gasteiger partial charge on any atom is -0.370 e. The maximum absolute atomic E-state index is 12.1. The highest BCUT2D eigenvalue weighted by molar-refractivity contribution is 8.01. The molecule has 1 aliphatic rings. The van der Waals surface area contributed by atoms with E-state index in [0.717, 1.165) is 13.1 Å². The summed E-state index contributed by atoms with van der Waals surface area (Å²) in [5, 5.41) is 14.5. The molecule has 2 heterocycles. The van der Waals surface area contributed by atoms with Gasteiger partial charge in [0.15, 0.2) is 10.9 Å². The Morgan fingerprint density at radius 2 is 1.89 bits per heavy atom. The first-order valence-electron chi connectivity index (χ1n) is 8.31. The Hall–Kier alpha value is -1.72. The molecule has 3 N–H and O–H groups in total. The van der Waals surface area contributed by atoms with Crippen LogP contribution in [0.5, 0.6) is 0 Å². The summed E-state index contributed by atoms with van der Waals surface area (Å²) in [7, 11) is 0. The fourth-order valence-corrected chi connectivity index (χ4v) is 4.10. The van der Waals surface area contributed by atoms with Crippen LogP contribution in [0.1, 0.15) is 0 Å². The molecule has 144 valence electrons. The quantitative estimate of drug-likeness (QED) is 0.445. The number of halogens is 1. The molecule has 0 radical (unpaired) electrons. The van der Waals surface area contributed by atoms with Crippen LogP contribution in [0.4, 0.5) is 10.8 Å². The average molecular weight is 429 g/mol. The van der Waals surface area contributed by atoms with E-state index in [1.54, 1.807) is 24.3 Å². The summed E-state index contributed by atoms with van der Waals surface area (Å²) >= 11 is 8.33. The molecule has 1 aromatic carbocycles. The van der Waals surface area contributed by atoms with Gasteiger partial charge in [-0.25, -0.2) is 0 Å². The number of morpholine rings is 1. The fraction of sp³-hybridized carbons (Fsp3) is 0.375. The zero-order chi connectivity index (χ0) is 19.1. The minimum atomic E-state index is -0.154. The number of hydrogen-bond donors (Lipinski definition) is 3. The van der Waals surface area contributed by atoms with E-state index in [4.69, 9.17) is 16.3 Å². The van der Waals surface area contributed by atoms with Crippen molar-refractivity contribution >= 4 is 57.3 Å². The monoisotopic (exact) mass is 428 g/mol. The molecule has 0 saturated carbocycles. The van der Waals surface area contributed by atoms with Crippen molar-refractivity contribution in [1.82, 2.24) is 10.2 Å². The number of quaternary nitrogens is 1. The number of carbonyl (C=O) groups is 2. The van der Waals surface area contributed by atoms with Crippen molar-refractivity contribution in [2.75, 3.05) is 49.2 Å². The fourth-order valence-electron chi connectivity index (χ4n) is 2.40. The van der Waals surface area contributed by atoms with Gasteiger partial charge in [0.2, 0.25) is 11.0 Å². The first-order chi connectivity index (χ1) is 13.1. The highest BCUT2D eigenvalue weighted by atomic mass is 35.5. The Bertz CT molecular complexity index is 781. The van der Waals surface area contributed by atoms with Crippen molar-refractivity contribution in [3.05, 3.63) is 29.3 Å². The Balaban J connectivity index is 1.41. The van der Waals surface area contributed by atoms with E-state index < -0.39 is 0 Å². The van der Waals surface area contributed by atoms with Gasteiger partial charge in [0, 0.05) is 10.7 Å². The molecule has 1 fully saturated rings. The number of anilines is 2. The zero-order valence-corrected chi connectivity index (χ0v) is 16.8. The van der Waals surface area contributed by atoms with Gasteiger partial charge in [0.1, 0.15) is 13.1 Å². The second-order valence-electron chi connectivity index (χ2n) is 5.80. The van der Waals surface area contributed by atoms with Gasteiger partial charge in [0.05, 0.1) is 19.0 Å². The van der Waals surface area contributed by atoms with Crippen molar-refractivity contribution in [3.63, 3.8) is 0 Å². The van der Waals surface area contributed by atoms with E-state index in [2.05, 4.69) is 20.8 Å². The number of rotatable bonds is 7. The van der Waals surface area contributed by atoms with Crippen LogP contribution >= 0.6 is 34.7 Å². The minimum absolute atomic E-state index is 0.0971. The van der Waals surface area contributed by atoms with Crippen LogP contribution in [-0.4, -0.2) is 60.6 Å². The molecule has 0 unspecified atom stereocenters. The zero-order valence-electron chi connectivity index (χ0n) is 14.4. The first kappa shape index (κ1) is 20.0. The van der Waals surface area contributed by atoms with Gasteiger partial charge in [-0.1, -0.05) is 34.7 Å². The second kappa shape index (κ2) is 10.00. The number of amides is 2. The molecule has 0 bridgehead atoms. The highest BCUT2D eigenvalue weighted by Gasteiger charge is 2.19. The lowest BCUT2D eigenvalue weighted by molar-refractivity contribution is -0.899. The Kier molecular flexibility index (Phi) is 7.41. The standard InChI is InChI=1S/C16H18ClN5O3S2/c17-11-1-3-12(4-2-11)18-14(24)10-26-16-21-20-15(27-16)19-13(23)9-22-5-7-25-8-6-22/h1-4H,5-10H2,(H,18,24)(H,19,20,23)/p+1. The van der Waals surface area contributed by atoms with Gasteiger partial charge < -0.3 is 15.0 Å². The van der Waals surface area contributed by atoms with Crippen LogP contribution in [0, 0.1) is 0 Å². The lowest BCUT2D eigenvalue weighted by Crippen LogP contribution is -3.15. The number of hydrogen-bond acceptors (Lipinski definition) is 7. The van der Waals surface area contributed by atoms with Crippen LogP contribution in [0.15, 0.2) is 28.6 Å². The predicted octanol–water partition coefficient (Wildman–Crippen LogP) is 0.776. The molecule has 2 aromatic rings. The predicted molar refractivity (Wildman–Crippen MR) is 106 cm³/mol. The molecule has 11 heteroatoms. The summed E-state index contributed by atoms with van der Waals surface area (Å²) in [5.41, 5.74) is 0.681. The number of ether oxygens (including phenoxy) is 1.